The Morgan fingerprint density at radius 3 is 2.00 bits per heavy atom. The quantitative estimate of drug-likeness (QED) is 0.402. The molecule has 0 aromatic heterocycles. The third kappa shape index (κ3) is 6.68. The van der Waals surface area contributed by atoms with Crippen LogP contribution in [0.5, 0.6) is 0 Å². The number of unbranched alkanes of at least 4 members (excludes halogenated alkanes) is 5. The number of Topliss-reactive ketones (excluding diaryl/α,β-unsaturated/α-hetero) is 1. The normalized spacial score (nSPS) is 11.4. The first-order chi connectivity index (χ1) is 7.39. The summed E-state index contributed by atoms with van der Waals surface area (Å²) in [6.07, 6.45) is 5.50. The molecule has 0 amide bonds. The van der Waals surface area contributed by atoms with Crippen molar-refractivity contribution >= 4 is 21.0 Å². The first-order valence-electron chi connectivity index (χ1n) is 5.44. The molecule has 0 unspecified atom stereocenters. The highest BCUT2D eigenvalue weighted by Gasteiger charge is 2.26. The topological polar surface area (TPSA) is 88.5 Å². The standard InChI is InChI=1S/C10H18O5S/c1-2-3-4-5-6-7-8-9(11)10(12)16(13,14)15/h2-8H2,1H3,(H,13,14,15). The van der Waals surface area contributed by atoms with Gasteiger partial charge in [-0.25, -0.2) is 0 Å². The lowest BCUT2D eigenvalue weighted by Crippen LogP contribution is -2.23. The van der Waals surface area contributed by atoms with Gasteiger partial charge in [-0.05, 0) is 6.42 Å². The van der Waals surface area contributed by atoms with E-state index in [9.17, 15) is 18.0 Å². The second-order valence-corrected chi connectivity index (χ2v) is 5.02. The first kappa shape index (κ1) is 15.2. The highest BCUT2D eigenvalue weighted by molar-refractivity contribution is 8.03. The lowest BCUT2D eigenvalue weighted by molar-refractivity contribution is -0.132. The van der Waals surface area contributed by atoms with E-state index >= 15 is 0 Å². The van der Waals surface area contributed by atoms with Crippen molar-refractivity contribution in [3.05, 3.63) is 0 Å². The minimum Gasteiger partial charge on any atom is -0.290 e. The molecule has 0 bridgehead atoms. The number of hydrogen-bond donors (Lipinski definition) is 1. The highest BCUT2D eigenvalue weighted by atomic mass is 32.2. The Morgan fingerprint density at radius 1 is 1.00 bits per heavy atom. The van der Waals surface area contributed by atoms with Gasteiger partial charge in [0, 0.05) is 6.42 Å². The molecule has 0 spiro atoms. The molecule has 0 rings (SSSR count). The van der Waals surface area contributed by atoms with E-state index in [1.807, 2.05) is 0 Å². The van der Waals surface area contributed by atoms with Crippen molar-refractivity contribution in [2.45, 2.75) is 51.9 Å². The van der Waals surface area contributed by atoms with Crippen LogP contribution in [-0.2, 0) is 19.7 Å². The molecule has 0 aliphatic carbocycles. The van der Waals surface area contributed by atoms with Crippen LogP contribution in [-0.4, -0.2) is 23.9 Å². The Kier molecular flexibility index (Phi) is 7.16. The summed E-state index contributed by atoms with van der Waals surface area (Å²) in [6.45, 7) is 2.09. The monoisotopic (exact) mass is 250 g/mol. The molecule has 0 fully saturated rings. The average Bonchev–Trinajstić information content (AvgIpc) is 2.20. The van der Waals surface area contributed by atoms with E-state index in [2.05, 4.69) is 6.92 Å². The van der Waals surface area contributed by atoms with Crippen molar-refractivity contribution in [3.63, 3.8) is 0 Å². The SMILES string of the molecule is CCCCCCCCC(=O)C(=O)S(=O)(=O)O. The number of carbonyl (C=O) groups excluding carboxylic acids is 2. The lowest BCUT2D eigenvalue weighted by atomic mass is 10.1. The highest BCUT2D eigenvalue weighted by Crippen LogP contribution is 2.07. The molecular weight excluding hydrogens is 232 g/mol. The molecule has 0 aromatic rings. The van der Waals surface area contributed by atoms with Gasteiger partial charge in [0.05, 0.1) is 0 Å². The largest absolute Gasteiger partial charge is 0.338 e. The summed E-state index contributed by atoms with van der Waals surface area (Å²) in [4.78, 5) is 21.7. The van der Waals surface area contributed by atoms with Crippen LogP contribution in [0.15, 0.2) is 0 Å². The molecule has 0 saturated heterocycles. The van der Waals surface area contributed by atoms with E-state index in [4.69, 9.17) is 4.55 Å². The van der Waals surface area contributed by atoms with E-state index in [-0.39, 0.29) is 6.42 Å². The number of hydrogen-bond acceptors (Lipinski definition) is 4. The van der Waals surface area contributed by atoms with Crippen LogP contribution in [0.25, 0.3) is 0 Å². The molecule has 0 aromatic carbocycles. The summed E-state index contributed by atoms with van der Waals surface area (Å²) in [6, 6.07) is 0. The van der Waals surface area contributed by atoms with E-state index < -0.39 is 21.0 Å². The zero-order chi connectivity index (χ0) is 12.6. The molecule has 5 nitrogen and oxygen atoms in total. The van der Waals surface area contributed by atoms with E-state index in [1.54, 1.807) is 0 Å². The fourth-order valence-corrected chi connectivity index (χ4v) is 1.70. The van der Waals surface area contributed by atoms with Gasteiger partial charge in [-0.15, -0.1) is 0 Å². The summed E-state index contributed by atoms with van der Waals surface area (Å²) in [7, 11) is -4.84. The van der Waals surface area contributed by atoms with Gasteiger partial charge >= 0.3 is 15.2 Å². The summed E-state index contributed by atoms with van der Waals surface area (Å²) >= 11 is 0. The Bertz CT molecular complexity index is 331. The van der Waals surface area contributed by atoms with Gasteiger partial charge in [0.1, 0.15) is 0 Å². The van der Waals surface area contributed by atoms with Crippen molar-refractivity contribution < 1.29 is 22.6 Å². The van der Waals surface area contributed by atoms with Gasteiger partial charge in [-0.3, -0.25) is 14.1 Å². The minimum atomic E-state index is -4.84. The van der Waals surface area contributed by atoms with Gasteiger partial charge in [0.2, 0.25) is 5.78 Å². The minimum absolute atomic E-state index is 0.106. The van der Waals surface area contributed by atoms with Crippen LogP contribution < -0.4 is 0 Å². The van der Waals surface area contributed by atoms with Crippen molar-refractivity contribution in [2.24, 2.45) is 0 Å². The van der Waals surface area contributed by atoms with Gasteiger partial charge in [0.25, 0.3) is 0 Å². The lowest BCUT2D eigenvalue weighted by Gasteiger charge is -1.99. The summed E-state index contributed by atoms with van der Waals surface area (Å²) in [5, 5.41) is -1.69. The molecule has 0 heterocycles. The van der Waals surface area contributed by atoms with Gasteiger partial charge in [0.15, 0.2) is 0 Å². The Labute approximate surface area is 96.0 Å². The number of rotatable bonds is 8. The maximum atomic E-state index is 11.0. The Balaban J connectivity index is 3.71. The fourth-order valence-electron chi connectivity index (χ4n) is 1.31. The second-order valence-electron chi connectivity index (χ2n) is 3.70. The third-order valence-electron chi connectivity index (χ3n) is 2.22. The zero-order valence-electron chi connectivity index (χ0n) is 9.44. The van der Waals surface area contributed by atoms with Crippen LogP contribution in [0.1, 0.15) is 51.9 Å². The van der Waals surface area contributed by atoms with Crippen LogP contribution in [0.2, 0.25) is 0 Å². The van der Waals surface area contributed by atoms with Crippen LogP contribution in [0.3, 0.4) is 0 Å². The second kappa shape index (κ2) is 7.51. The smallest absolute Gasteiger partial charge is 0.290 e. The maximum Gasteiger partial charge on any atom is 0.338 e. The van der Waals surface area contributed by atoms with Gasteiger partial charge in [-0.2, -0.15) is 8.42 Å². The third-order valence-corrected chi connectivity index (χ3v) is 2.92. The van der Waals surface area contributed by atoms with E-state index in [0.29, 0.717) is 6.42 Å². The van der Waals surface area contributed by atoms with E-state index in [0.717, 1.165) is 32.1 Å². The van der Waals surface area contributed by atoms with Gasteiger partial charge < -0.3 is 0 Å². The predicted molar refractivity (Wildman–Crippen MR) is 59.6 cm³/mol. The fraction of sp³-hybridized carbons (Fsp3) is 0.800. The Morgan fingerprint density at radius 2 is 1.50 bits per heavy atom. The van der Waals surface area contributed by atoms with Crippen LogP contribution in [0.4, 0.5) is 0 Å². The Hall–Kier alpha value is -0.750. The van der Waals surface area contributed by atoms with Crippen molar-refractivity contribution in [1.82, 2.24) is 0 Å². The summed E-state index contributed by atoms with van der Waals surface area (Å²) < 4.78 is 29.0. The zero-order valence-corrected chi connectivity index (χ0v) is 10.3. The molecule has 94 valence electrons. The average molecular weight is 250 g/mol. The van der Waals surface area contributed by atoms with E-state index in [1.165, 1.54) is 0 Å². The van der Waals surface area contributed by atoms with Crippen molar-refractivity contribution in [1.29, 1.82) is 0 Å². The summed E-state index contributed by atoms with van der Waals surface area (Å²) in [5.74, 6) is -1.03. The van der Waals surface area contributed by atoms with Crippen LogP contribution >= 0.6 is 0 Å². The molecule has 0 aliphatic heterocycles. The predicted octanol–water partition coefficient (Wildman–Crippen LogP) is 1.72. The van der Waals surface area contributed by atoms with Crippen molar-refractivity contribution in [2.75, 3.05) is 0 Å². The van der Waals surface area contributed by atoms with Crippen molar-refractivity contribution in [3.8, 4) is 0 Å². The molecular formula is C10H18O5S. The summed E-state index contributed by atoms with van der Waals surface area (Å²) in [5.41, 5.74) is 0. The van der Waals surface area contributed by atoms with Gasteiger partial charge in [-0.1, -0.05) is 39.0 Å². The number of carbonyl (C=O) groups is 2. The molecule has 0 radical (unpaired) electrons. The molecule has 0 aliphatic rings. The molecule has 0 atom stereocenters. The number of ketones is 1. The molecule has 1 N–H and O–H groups in total. The maximum absolute atomic E-state index is 11.0. The molecule has 16 heavy (non-hydrogen) atoms. The van der Waals surface area contributed by atoms with Crippen LogP contribution in [0, 0.1) is 0 Å². The first-order valence-corrected chi connectivity index (χ1v) is 6.88. The molecule has 0 saturated carbocycles. The molecule has 6 heteroatoms.